The van der Waals surface area contributed by atoms with Gasteiger partial charge in [0.05, 0.1) is 5.69 Å². The van der Waals surface area contributed by atoms with Crippen molar-refractivity contribution in [3.8, 4) is 11.5 Å². The van der Waals surface area contributed by atoms with Crippen molar-refractivity contribution in [2.45, 2.75) is 6.92 Å². The molecule has 1 amide bonds. The number of anilines is 1. The number of aryl methyl sites for hydroxylation is 1. The summed E-state index contributed by atoms with van der Waals surface area (Å²) in [6, 6.07) is 21.0. The summed E-state index contributed by atoms with van der Waals surface area (Å²) in [7, 11) is 0. The monoisotopic (exact) mass is 405 g/mol. The van der Waals surface area contributed by atoms with Crippen molar-refractivity contribution >= 4 is 34.2 Å². The number of rotatable bonds is 4. The summed E-state index contributed by atoms with van der Waals surface area (Å²) in [6.07, 6.45) is 0. The third-order valence-corrected chi connectivity index (χ3v) is 4.60. The first-order chi connectivity index (χ1) is 14.0. The highest BCUT2D eigenvalue weighted by Crippen LogP contribution is 2.32. The SMILES string of the molecule is Cc1cccc2cc(C(=O)Nc3cc(Cl)ccc3Oc3ccccc3)c(=O)oc12. The van der Waals surface area contributed by atoms with E-state index in [0.717, 1.165) is 5.56 Å². The Morgan fingerprint density at radius 2 is 1.79 bits per heavy atom. The Morgan fingerprint density at radius 3 is 2.59 bits per heavy atom. The molecule has 0 aliphatic carbocycles. The molecule has 144 valence electrons. The molecule has 0 bridgehead atoms. The lowest BCUT2D eigenvalue weighted by Crippen LogP contribution is -2.21. The highest BCUT2D eigenvalue weighted by atomic mass is 35.5. The largest absolute Gasteiger partial charge is 0.455 e. The van der Waals surface area contributed by atoms with Crippen LogP contribution in [-0.2, 0) is 0 Å². The summed E-state index contributed by atoms with van der Waals surface area (Å²) in [5.74, 6) is 0.392. The zero-order valence-electron chi connectivity index (χ0n) is 15.4. The van der Waals surface area contributed by atoms with Crippen molar-refractivity contribution in [2.24, 2.45) is 0 Å². The molecule has 29 heavy (non-hydrogen) atoms. The van der Waals surface area contributed by atoms with Gasteiger partial charge in [-0.2, -0.15) is 0 Å². The minimum atomic E-state index is -0.711. The van der Waals surface area contributed by atoms with Gasteiger partial charge in [-0.15, -0.1) is 0 Å². The van der Waals surface area contributed by atoms with E-state index in [4.69, 9.17) is 20.8 Å². The molecule has 0 spiro atoms. The van der Waals surface area contributed by atoms with E-state index in [0.29, 0.717) is 33.2 Å². The maximum Gasteiger partial charge on any atom is 0.349 e. The first-order valence-corrected chi connectivity index (χ1v) is 9.26. The lowest BCUT2D eigenvalue weighted by molar-refractivity contribution is 0.102. The molecule has 0 saturated carbocycles. The fourth-order valence-corrected chi connectivity index (χ4v) is 3.11. The molecule has 1 N–H and O–H groups in total. The van der Waals surface area contributed by atoms with E-state index in [-0.39, 0.29) is 5.56 Å². The second-order valence-electron chi connectivity index (χ2n) is 6.45. The van der Waals surface area contributed by atoms with Gasteiger partial charge in [-0.1, -0.05) is 48.0 Å². The number of hydrogen-bond donors (Lipinski definition) is 1. The molecule has 6 heteroatoms. The Bertz CT molecular complexity index is 1270. The fraction of sp³-hybridized carbons (Fsp3) is 0.0435. The number of nitrogens with one attached hydrogen (secondary N) is 1. The van der Waals surface area contributed by atoms with Crippen molar-refractivity contribution in [3.05, 3.63) is 99.4 Å². The van der Waals surface area contributed by atoms with Crippen LogP contribution < -0.4 is 15.7 Å². The van der Waals surface area contributed by atoms with Crippen LogP contribution >= 0.6 is 11.6 Å². The van der Waals surface area contributed by atoms with Crippen LogP contribution in [0.4, 0.5) is 5.69 Å². The summed E-state index contributed by atoms with van der Waals surface area (Å²) in [5.41, 5.74) is 0.811. The second-order valence-corrected chi connectivity index (χ2v) is 6.89. The Labute approximate surface area is 171 Å². The lowest BCUT2D eigenvalue weighted by Gasteiger charge is -2.13. The maximum absolute atomic E-state index is 12.8. The Morgan fingerprint density at radius 1 is 1.00 bits per heavy atom. The fourth-order valence-electron chi connectivity index (χ4n) is 2.94. The minimum Gasteiger partial charge on any atom is -0.455 e. The van der Waals surface area contributed by atoms with Crippen molar-refractivity contribution in [1.29, 1.82) is 0 Å². The number of halogens is 1. The number of benzene rings is 3. The molecule has 0 fully saturated rings. The smallest absolute Gasteiger partial charge is 0.349 e. The number of para-hydroxylation sites is 2. The van der Waals surface area contributed by atoms with E-state index in [1.807, 2.05) is 37.3 Å². The van der Waals surface area contributed by atoms with Crippen molar-refractivity contribution in [3.63, 3.8) is 0 Å². The minimum absolute atomic E-state index is 0.103. The number of carbonyl (C=O) groups excluding carboxylic acids is 1. The highest BCUT2D eigenvalue weighted by Gasteiger charge is 2.17. The van der Waals surface area contributed by atoms with Gasteiger partial charge in [0, 0.05) is 10.4 Å². The molecule has 0 unspecified atom stereocenters. The van der Waals surface area contributed by atoms with E-state index in [1.165, 1.54) is 6.07 Å². The van der Waals surface area contributed by atoms with E-state index in [2.05, 4.69) is 5.32 Å². The molecule has 0 aliphatic rings. The summed E-state index contributed by atoms with van der Waals surface area (Å²) >= 11 is 6.09. The molecule has 0 saturated heterocycles. The normalized spacial score (nSPS) is 10.7. The zero-order chi connectivity index (χ0) is 20.4. The van der Waals surface area contributed by atoms with Crippen molar-refractivity contribution in [1.82, 2.24) is 0 Å². The van der Waals surface area contributed by atoms with Crippen LogP contribution in [0.3, 0.4) is 0 Å². The van der Waals surface area contributed by atoms with Gasteiger partial charge in [0.2, 0.25) is 0 Å². The zero-order valence-corrected chi connectivity index (χ0v) is 16.2. The third kappa shape index (κ3) is 4.00. The molecule has 0 atom stereocenters. The summed E-state index contributed by atoms with van der Waals surface area (Å²) in [5, 5.41) is 3.79. The highest BCUT2D eigenvalue weighted by molar-refractivity contribution is 6.31. The van der Waals surface area contributed by atoms with Gasteiger partial charge in [-0.05, 0) is 48.9 Å². The van der Waals surface area contributed by atoms with E-state index in [9.17, 15) is 9.59 Å². The van der Waals surface area contributed by atoms with Crippen LogP contribution in [0.15, 0.2) is 82.0 Å². The summed E-state index contributed by atoms with van der Waals surface area (Å²) in [6.45, 7) is 1.84. The average molecular weight is 406 g/mol. The van der Waals surface area contributed by atoms with Crippen molar-refractivity contribution in [2.75, 3.05) is 5.32 Å². The van der Waals surface area contributed by atoms with Gasteiger partial charge >= 0.3 is 5.63 Å². The molecule has 4 rings (SSSR count). The quantitative estimate of drug-likeness (QED) is 0.436. The van der Waals surface area contributed by atoms with Crippen LogP contribution in [0.25, 0.3) is 11.0 Å². The Kier molecular flexibility index (Phi) is 5.06. The molecule has 3 aromatic carbocycles. The number of fused-ring (bicyclic) bond motifs is 1. The molecule has 1 heterocycles. The average Bonchev–Trinajstić information content (AvgIpc) is 2.71. The van der Waals surface area contributed by atoms with Crippen LogP contribution in [0, 0.1) is 6.92 Å². The van der Waals surface area contributed by atoms with Crippen LogP contribution in [0.5, 0.6) is 11.5 Å². The number of ether oxygens (including phenoxy) is 1. The van der Waals surface area contributed by atoms with E-state index in [1.54, 1.807) is 36.4 Å². The molecule has 4 aromatic rings. The first kappa shape index (κ1) is 18.8. The topological polar surface area (TPSA) is 68.5 Å². The Hall–Kier alpha value is -3.57. The van der Waals surface area contributed by atoms with Crippen molar-refractivity contribution < 1.29 is 13.9 Å². The standard InChI is InChI=1S/C23H16ClNO4/c1-14-6-5-7-15-12-18(23(27)29-21(14)15)22(26)25-19-13-16(24)10-11-20(19)28-17-8-3-2-4-9-17/h2-13H,1H3,(H,25,26). The van der Waals surface area contributed by atoms with Gasteiger partial charge < -0.3 is 14.5 Å². The molecule has 1 aromatic heterocycles. The van der Waals surface area contributed by atoms with Gasteiger partial charge in [-0.25, -0.2) is 4.79 Å². The van der Waals surface area contributed by atoms with Gasteiger partial charge in [0.25, 0.3) is 5.91 Å². The molecule has 0 radical (unpaired) electrons. The lowest BCUT2D eigenvalue weighted by atomic mass is 10.1. The summed E-state index contributed by atoms with van der Waals surface area (Å²) in [4.78, 5) is 25.2. The van der Waals surface area contributed by atoms with Crippen LogP contribution in [0.1, 0.15) is 15.9 Å². The molecular formula is C23H16ClNO4. The number of carbonyl (C=O) groups is 1. The van der Waals surface area contributed by atoms with E-state index >= 15 is 0 Å². The van der Waals surface area contributed by atoms with Crippen LogP contribution in [-0.4, -0.2) is 5.91 Å². The number of hydrogen-bond acceptors (Lipinski definition) is 4. The third-order valence-electron chi connectivity index (χ3n) is 4.36. The van der Waals surface area contributed by atoms with Crippen LogP contribution in [0.2, 0.25) is 5.02 Å². The van der Waals surface area contributed by atoms with Gasteiger partial charge in [-0.3, -0.25) is 4.79 Å². The molecule has 0 aliphatic heterocycles. The Balaban J connectivity index is 1.68. The number of amides is 1. The first-order valence-electron chi connectivity index (χ1n) is 8.88. The van der Waals surface area contributed by atoms with Gasteiger partial charge in [0.15, 0.2) is 5.75 Å². The predicted molar refractivity (Wildman–Crippen MR) is 113 cm³/mol. The second kappa shape index (κ2) is 7.81. The maximum atomic E-state index is 12.8. The van der Waals surface area contributed by atoms with E-state index < -0.39 is 11.5 Å². The summed E-state index contributed by atoms with van der Waals surface area (Å²) < 4.78 is 11.2. The molecular weight excluding hydrogens is 390 g/mol. The predicted octanol–water partition coefficient (Wildman–Crippen LogP) is 5.80. The molecule has 5 nitrogen and oxygen atoms in total. The van der Waals surface area contributed by atoms with Gasteiger partial charge in [0.1, 0.15) is 16.9 Å².